The van der Waals surface area contributed by atoms with Crippen LogP contribution in [0.15, 0.2) is 71.6 Å². The zero-order chi connectivity index (χ0) is 29.6. The van der Waals surface area contributed by atoms with Crippen LogP contribution in [0, 0.1) is 19.8 Å². The summed E-state index contributed by atoms with van der Waals surface area (Å²) in [6.07, 6.45) is 0. The number of carbonyl (C=O) groups is 2. The molecule has 3 rings (SSSR count). The Kier molecular flexibility index (Phi) is 10.6. The second-order valence-corrected chi connectivity index (χ2v) is 12.9. The average Bonchev–Trinajstić information content (AvgIpc) is 2.91. The molecule has 3 aromatic carbocycles. The van der Waals surface area contributed by atoms with E-state index in [1.54, 1.807) is 43.3 Å². The number of hydrogen-bond acceptors (Lipinski definition) is 4. The molecule has 7 nitrogen and oxygen atoms in total. The molecule has 0 aliphatic carbocycles. The molecule has 0 unspecified atom stereocenters. The molecule has 0 saturated heterocycles. The Morgan fingerprint density at radius 2 is 1.43 bits per heavy atom. The van der Waals surface area contributed by atoms with Crippen LogP contribution in [0.1, 0.15) is 37.5 Å². The van der Waals surface area contributed by atoms with Gasteiger partial charge >= 0.3 is 0 Å². The van der Waals surface area contributed by atoms with Crippen molar-refractivity contribution in [1.82, 2.24) is 10.2 Å². The topological polar surface area (TPSA) is 86.8 Å². The summed E-state index contributed by atoms with van der Waals surface area (Å²) in [5.41, 5.74) is 2.95. The van der Waals surface area contributed by atoms with E-state index in [0.29, 0.717) is 22.3 Å². The minimum atomic E-state index is -4.17. The monoisotopic (exact) mass is 603 g/mol. The van der Waals surface area contributed by atoms with E-state index in [0.717, 1.165) is 21.0 Å². The van der Waals surface area contributed by atoms with Crippen LogP contribution in [-0.2, 0) is 26.2 Å². The summed E-state index contributed by atoms with van der Waals surface area (Å²) in [5, 5.41) is 3.81. The largest absolute Gasteiger partial charge is 0.354 e. The smallest absolute Gasteiger partial charge is 0.264 e. The molecule has 3 aromatic rings. The van der Waals surface area contributed by atoms with Gasteiger partial charge in [-0.15, -0.1) is 0 Å². The van der Waals surface area contributed by atoms with Crippen LogP contribution in [0.3, 0.4) is 0 Å². The number of hydrogen-bond donors (Lipinski definition) is 1. The molecule has 0 aliphatic heterocycles. The first-order valence-corrected chi connectivity index (χ1v) is 15.2. The lowest BCUT2D eigenvalue weighted by Crippen LogP contribution is -2.51. The van der Waals surface area contributed by atoms with Crippen molar-refractivity contribution in [3.8, 4) is 0 Å². The highest BCUT2D eigenvalue weighted by atomic mass is 35.5. The number of benzene rings is 3. The number of amides is 2. The summed E-state index contributed by atoms with van der Waals surface area (Å²) in [6.45, 7) is 9.42. The lowest BCUT2D eigenvalue weighted by atomic mass is 10.1. The molecule has 0 saturated carbocycles. The molecule has 0 radical (unpaired) electrons. The van der Waals surface area contributed by atoms with Crippen molar-refractivity contribution in [2.75, 3.05) is 17.4 Å². The number of rotatable bonds is 11. The standard InChI is InChI=1S/C30H35Cl2N3O4S/c1-20(2)17-33-30(37)23(5)34(18-24-7-9-25(31)10-8-24)29(36)19-35(27-13-6-21(3)22(4)16-27)40(38,39)28-14-11-26(32)12-15-28/h6-16,20,23H,17-19H2,1-5H3,(H,33,37)/t23-/m1/s1. The van der Waals surface area contributed by atoms with Gasteiger partial charge in [-0.2, -0.15) is 0 Å². The molecule has 40 heavy (non-hydrogen) atoms. The summed E-state index contributed by atoms with van der Waals surface area (Å²) in [4.78, 5) is 28.4. The molecule has 2 amide bonds. The number of halogens is 2. The summed E-state index contributed by atoms with van der Waals surface area (Å²) in [6, 6.07) is 17.1. The van der Waals surface area contributed by atoms with Gasteiger partial charge in [0.05, 0.1) is 10.6 Å². The summed E-state index contributed by atoms with van der Waals surface area (Å²) >= 11 is 12.1. The lowest BCUT2D eigenvalue weighted by molar-refractivity contribution is -0.139. The highest BCUT2D eigenvalue weighted by Crippen LogP contribution is 2.27. The number of nitrogens with zero attached hydrogens (tertiary/aromatic N) is 2. The molecule has 214 valence electrons. The maximum absolute atomic E-state index is 14.0. The van der Waals surface area contributed by atoms with Gasteiger partial charge in [-0.1, -0.05) is 55.2 Å². The Morgan fingerprint density at radius 1 is 0.850 bits per heavy atom. The maximum Gasteiger partial charge on any atom is 0.264 e. The van der Waals surface area contributed by atoms with Crippen molar-refractivity contribution in [2.24, 2.45) is 5.92 Å². The van der Waals surface area contributed by atoms with E-state index in [9.17, 15) is 18.0 Å². The maximum atomic E-state index is 14.0. The van der Waals surface area contributed by atoms with Gasteiger partial charge in [0, 0.05) is 23.1 Å². The van der Waals surface area contributed by atoms with E-state index in [-0.39, 0.29) is 23.3 Å². The van der Waals surface area contributed by atoms with Crippen LogP contribution >= 0.6 is 23.2 Å². The van der Waals surface area contributed by atoms with Gasteiger partial charge in [0.15, 0.2) is 0 Å². The highest BCUT2D eigenvalue weighted by molar-refractivity contribution is 7.92. The van der Waals surface area contributed by atoms with Gasteiger partial charge in [0.2, 0.25) is 11.8 Å². The van der Waals surface area contributed by atoms with Crippen molar-refractivity contribution in [1.29, 1.82) is 0 Å². The summed E-state index contributed by atoms with van der Waals surface area (Å²) < 4.78 is 28.9. The quantitative estimate of drug-likeness (QED) is 0.291. The Bertz CT molecular complexity index is 1440. The second-order valence-electron chi connectivity index (χ2n) is 10.2. The van der Waals surface area contributed by atoms with Crippen LogP contribution in [-0.4, -0.2) is 44.3 Å². The first kappa shape index (κ1) is 31.5. The minimum Gasteiger partial charge on any atom is -0.354 e. The Hall–Kier alpha value is -3.07. The fourth-order valence-corrected chi connectivity index (χ4v) is 5.62. The van der Waals surface area contributed by atoms with Crippen LogP contribution in [0.2, 0.25) is 10.0 Å². The minimum absolute atomic E-state index is 0.00472. The fourth-order valence-electron chi connectivity index (χ4n) is 3.96. The molecule has 0 heterocycles. The van der Waals surface area contributed by atoms with Crippen LogP contribution < -0.4 is 9.62 Å². The molecule has 0 fully saturated rings. The van der Waals surface area contributed by atoms with E-state index >= 15 is 0 Å². The van der Waals surface area contributed by atoms with Crippen LogP contribution in [0.4, 0.5) is 5.69 Å². The van der Waals surface area contributed by atoms with Crippen LogP contribution in [0.25, 0.3) is 0 Å². The molecule has 0 aliphatic rings. The normalized spacial score (nSPS) is 12.2. The van der Waals surface area contributed by atoms with E-state index < -0.39 is 28.5 Å². The average molecular weight is 605 g/mol. The Morgan fingerprint density at radius 3 is 1.98 bits per heavy atom. The Balaban J connectivity index is 2.03. The third kappa shape index (κ3) is 7.99. The van der Waals surface area contributed by atoms with E-state index in [1.165, 1.54) is 29.2 Å². The summed E-state index contributed by atoms with van der Waals surface area (Å²) in [7, 11) is -4.17. The van der Waals surface area contributed by atoms with E-state index in [4.69, 9.17) is 23.2 Å². The van der Waals surface area contributed by atoms with Gasteiger partial charge in [-0.3, -0.25) is 13.9 Å². The molecular formula is C30H35Cl2N3O4S. The van der Waals surface area contributed by atoms with Gasteiger partial charge in [0.25, 0.3) is 10.0 Å². The zero-order valence-corrected chi connectivity index (χ0v) is 25.6. The molecule has 10 heteroatoms. The van der Waals surface area contributed by atoms with E-state index in [2.05, 4.69) is 5.32 Å². The third-order valence-corrected chi connectivity index (χ3v) is 8.87. The van der Waals surface area contributed by atoms with Crippen molar-refractivity contribution in [2.45, 2.75) is 52.1 Å². The first-order chi connectivity index (χ1) is 18.8. The molecule has 0 bridgehead atoms. The Labute approximate surface area is 247 Å². The van der Waals surface area contributed by atoms with Gasteiger partial charge < -0.3 is 10.2 Å². The molecule has 0 spiro atoms. The van der Waals surface area contributed by atoms with Crippen molar-refractivity contribution in [3.63, 3.8) is 0 Å². The second kappa shape index (κ2) is 13.5. The SMILES string of the molecule is Cc1ccc(N(CC(=O)N(Cc2ccc(Cl)cc2)[C@H](C)C(=O)NCC(C)C)S(=O)(=O)c2ccc(Cl)cc2)cc1C. The number of aryl methyl sites for hydroxylation is 2. The molecule has 1 atom stereocenters. The predicted octanol–water partition coefficient (Wildman–Crippen LogP) is 6.00. The van der Waals surface area contributed by atoms with Crippen molar-refractivity contribution >= 4 is 50.7 Å². The number of carbonyl (C=O) groups excluding carboxylic acids is 2. The highest BCUT2D eigenvalue weighted by Gasteiger charge is 2.32. The van der Waals surface area contributed by atoms with Gasteiger partial charge in [-0.05, 0) is 91.9 Å². The predicted molar refractivity (Wildman–Crippen MR) is 161 cm³/mol. The third-order valence-electron chi connectivity index (χ3n) is 6.58. The number of anilines is 1. The molecule has 0 aromatic heterocycles. The van der Waals surface area contributed by atoms with Gasteiger partial charge in [-0.25, -0.2) is 8.42 Å². The number of sulfonamides is 1. The van der Waals surface area contributed by atoms with Crippen molar-refractivity contribution < 1.29 is 18.0 Å². The van der Waals surface area contributed by atoms with Crippen molar-refractivity contribution in [3.05, 3.63) is 93.5 Å². The lowest BCUT2D eigenvalue weighted by Gasteiger charge is -2.32. The first-order valence-electron chi connectivity index (χ1n) is 13.0. The number of nitrogens with one attached hydrogen (secondary N) is 1. The zero-order valence-electron chi connectivity index (χ0n) is 23.3. The van der Waals surface area contributed by atoms with Crippen LogP contribution in [0.5, 0.6) is 0 Å². The van der Waals surface area contributed by atoms with E-state index in [1.807, 2.05) is 33.8 Å². The molecule has 1 N–H and O–H groups in total. The van der Waals surface area contributed by atoms with Gasteiger partial charge in [0.1, 0.15) is 12.6 Å². The fraction of sp³-hybridized carbons (Fsp3) is 0.333. The summed E-state index contributed by atoms with van der Waals surface area (Å²) in [5.74, 6) is -0.631. The molecular weight excluding hydrogens is 569 g/mol.